The molecule has 0 aliphatic carbocycles. The van der Waals surface area contributed by atoms with Gasteiger partial charge >= 0.3 is 0 Å². The molecule has 1 fully saturated rings. The van der Waals surface area contributed by atoms with Crippen LogP contribution in [-0.2, 0) is 4.79 Å². The first kappa shape index (κ1) is 17.0. The lowest BCUT2D eigenvalue weighted by molar-refractivity contribution is -0.127. The van der Waals surface area contributed by atoms with Crippen molar-refractivity contribution in [2.75, 3.05) is 26.7 Å². The second-order valence-electron chi connectivity index (χ2n) is 6.22. The number of pyridine rings is 1. The van der Waals surface area contributed by atoms with Crippen molar-refractivity contribution in [3.05, 3.63) is 58.4 Å². The molecule has 0 radical (unpaired) electrons. The molecule has 0 spiro atoms. The first-order valence-corrected chi connectivity index (χ1v) is 8.37. The Balaban J connectivity index is 1.74. The minimum Gasteiger partial charge on any atom is -0.341 e. The van der Waals surface area contributed by atoms with Gasteiger partial charge in [0.05, 0.1) is 0 Å². The van der Waals surface area contributed by atoms with Gasteiger partial charge in [0.25, 0.3) is 5.91 Å². The van der Waals surface area contributed by atoms with E-state index in [9.17, 15) is 14.4 Å². The Bertz CT molecular complexity index is 829. The summed E-state index contributed by atoms with van der Waals surface area (Å²) in [5, 5.41) is 0. The minimum atomic E-state index is -0.312. The average Bonchev–Trinajstić information content (AvgIpc) is 3.04. The molecule has 1 aromatic heterocycles. The van der Waals surface area contributed by atoms with Gasteiger partial charge in [0.2, 0.25) is 11.5 Å². The summed E-state index contributed by atoms with van der Waals surface area (Å²) >= 11 is 0. The van der Waals surface area contributed by atoms with E-state index in [1.807, 2.05) is 30.3 Å². The molecule has 6 nitrogen and oxygen atoms in total. The van der Waals surface area contributed by atoms with Crippen molar-refractivity contribution in [3.63, 3.8) is 0 Å². The smallest absolute Gasteiger partial charge is 0.253 e. The number of aromatic nitrogens is 1. The molecule has 3 rings (SSSR count). The molecule has 6 heteroatoms. The van der Waals surface area contributed by atoms with Gasteiger partial charge in [-0.3, -0.25) is 14.4 Å². The summed E-state index contributed by atoms with van der Waals surface area (Å²) in [6.45, 7) is 1.72. The number of carbonyl (C=O) groups excluding carboxylic acids is 2. The predicted octanol–water partition coefficient (Wildman–Crippen LogP) is 1.74. The van der Waals surface area contributed by atoms with E-state index < -0.39 is 0 Å². The zero-order valence-corrected chi connectivity index (χ0v) is 14.2. The van der Waals surface area contributed by atoms with Crippen LogP contribution in [0.4, 0.5) is 0 Å². The molecule has 130 valence electrons. The SMILES string of the molecule is CN(CCN1CCCC1=O)C(=O)c1cc(-c2ccccc2)[nH]c(=O)c1. The van der Waals surface area contributed by atoms with Gasteiger partial charge in [0, 0.05) is 50.4 Å². The fourth-order valence-corrected chi connectivity index (χ4v) is 2.97. The number of amides is 2. The van der Waals surface area contributed by atoms with E-state index in [2.05, 4.69) is 4.98 Å². The number of benzene rings is 1. The summed E-state index contributed by atoms with van der Waals surface area (Å²) in [6.07, 6.45) is 1.47. The van der Waals surface area contributed by atoms with Crippen molar-refractivity contribution in [1.82, 2.24) is 14.8 Å². The molecule has 2 heterocycles. The van der Waals surface area contributed by atoms with Crippen molar-refractivity contribution < 1.29 is 9.59 Å². The Morgan fingerprint density at radius 1 is 1.20 bits per heavy atom. The molecular formula is C19H21N3O3. The number of hydrogen-bond acceptors (Lipinski definition) is 3. The van der Waals surface area contributed by atoms with E-state index in [-0.39, 0.29) is 17.4 Å². The number of carbonyl (C=O) groups is 2. The van der Waals surface area contributed by atoms with Crippen molar-refractivity contribution >= 4 is 11.8 Å². The van der Waals surface area contributed by atoms with E-state index in [0.717, 1.165) is 18.5 Å². The van der Waals surface area contributed by atoms with E-state index in [1.54, 1.807) is 22.9 Å². The second-order valence-corrected chi connectivity index (χ2v) is 6.22. The van der Waals surface area contributed by atoms with Crippen LogP contribution in [0.5, 0.6) is 0 Å². The van der Waals surface area contributed by atoms with Gasteiger partial charge < -0.3 is 14.8 Å². The largest absolute Gasteiger partial charge is 0.341 e. The lowest BCUT2D eigenvalue weighted by Gasteiger charge is -2.22. The van der Waals surface area contributed by atoms with Gasteiger partial charge in [-0.25, -0.2) is 0 Å². The topological polar surface area (TPSA) is 73.5 Å². The van der Waals surface area contributed by atoms with Crippen molar-refractivity contribution in [2.45, 2.75) is 12.8 Å². The summed E-state index contributed by atoms with van der Waals surface area (Å²) in [6, 6.07) is 12.4. The maximum absolute atomic E-state index is 12.6. The molecule has 0 atom stereocenters. The summed E-state index contributed by atoms with van der Waals surface area (Å²) in [7, 11) is 1.69. The van der Waals surface area contributed by atoms with Gasteiger partial charge in [0.15, 0.2) is 0 Å². The molecule has 1 aromatic carbocycles. The standard InChI is InChI=1S/C19H21N3O3/c1-21(10-11-22-9-5-8-18(22)24)19(25)15-12-16(20-17(23)13-15)14-6-3-2-4-7-14/h2-4,6-7,12-13H,5,8-11H2,1H3,(H,20,23). The highest BCUT2D eigenvalue weighted by atomic mass is 16.2. The summed E-state index contributed by atoms with van der Waals surface area (Å²) in [5.74, 6) is -0.0849. The fourth-order valence-electron chi connectivity index (χ4n) is 2.97. The Labute approximate surface area is 146 Å². The Morgan fingerprint density at radius 3 is 2.64 bits per heavy atom. The average molecular weight is 339 g/mol. The molecule has 2 amide bonds. The first-order valence-electron chi connectivity index (χ1n) is 8.37. The number of hydrogen-bond donors (Lipinski definition) is 1. The fraction of sp³-hybridized carbons (Fsp3) is 0.316. The molecule has 2 aromatic rings. The van der Waals surface area contributed by atoms with Crippen molar-refractivity contribution in [2.24, 2.45) is 0 Å². The third-order valence-electron chi connectivity index (χ3n) is 4.40. The molecule has 0 bridgehead atoms. The molecule has 1 saturated heterocycles. The predicted molar refractivity (Wildman–Crippen MR) is 95.3 cm³/mol. The maximum atomic E-state index is 12.6. The van der Waals surface area contributed by atoms with Crippen molar-refractivity contribution in [3.8, 4) is 11.3 Å². The summed E-state index contributed by atoms with van der Waals surface area (Å²) in [5.41, 5.74) is 1.49. The van der Waals surface area contributed by atoms with Crippen LogP contribution in [0, 0.1) is 0 Å². The van der Waals surface area contributed by atoms with Crippen LogP contribution in [0.2, 0.25) is 0 Å². The monoisotopic (exact) mass is 339 g/mol. The highest BCUT2D eigenvalue weighted by Crippen LogP contribution is 2.17. The maximum Gasteiger partial charge on any atom is 0.253 e. The molecule has 1 aliphatic rings. The lowest BCUT2D eigenvalue weighted by atomic mass is 10.1. The van der Waals surface area contributed by atoms with E-state index in [0.29, 0.717) is 30.8 Å². The number of aromatic amines is 1. The van der Waals surface area contributed by atoms with Crippen LogP contribution in [-0.4, -0.2) is 53.3 Å². The van der Waals surface area contributed by atoms with Crippen LogP contribution in [0.1, 0.15) is 23.2 Å². The third kappa shape index (κ3) is 3.96. The number of likely N-dealkylation sites (tertiary alicyclic amines) is 1. The number of rotatable bonds is 5. The molecular weight excluding hydrogens is 318 g/mol. The van der Waals surface area contributed by atoms with Gasteiger partial charge in [-0.05, 0) is 18.1 Å². The third-order valence-corrected chi connectivity index (χ3v) is 4.40. The second kappa shape index (κ2) is 7.34. The Hall–Kier alpha value is -2.89. The van der Waals surface area contributed by atoms with Crippen LogP contribution in [0.3, 0.4) is 0 Å². The Morgan fingerprint density at radius 2 is 1.96 bits per heavy atom. The normalized spacial score (nSPS) is 14.0. The van der Waals surface area contributed by atoms with E-state index in [1.165, 1.54) is 6.07 Å². The first-order chi connectivity index (χ1) is 12.0. The van der Waals surface area contributed by atoms with Gasteiger partial charge in [-0.15, -0.1) is 0 Å². The highest BCUT2D eigenvalue weighted by molar-refractivity contribution is 5.95. The van der Waals surface area contributed by atoms with Crippen LogP contribution in [0.15, 0.2) is 47.3 Å². The zero-order chi connectivity index (χ0) is 17.8. The highest BCUT2D eigenvalue weighted by Gasteiger charge is 2.21. The minimum absolute atomic E-state index is 0.142. The van der Waals surface area contributed by atoms with E-state index in [4.69, 9.17) is 0 Å². The summed E-state index contributed by atoms with van der Waals surface area (Å²) in [4.78, 5) is 42.3. The number of likely N-dealkylation sites (N-methyl/N-ethyl adjacent to an activating group) is 1. The molecule has 0 unspecified atom stereocenters. The summed E-state index contributed by atoms with van der Waals surface area (Å²) < 4.78 is 0. The van der Waals surface area contributed by atoms with Gasteiger partial charge in [-0.1, -0.05) is 30.3 Å². The van der Waals surface area contributed by atoms with Crippen LogP contribution in [0.25, 0.3) is 11.3 Å². The van der Waals surface area contributed by atoms with Crippen molar-refractivity contribution in [1.29, 1.82) is 0 Å². The molecule has 1 N–H and O–H groups in total. The number of H-pyrrole nitrogens is 1. The van der Waals surface area contributed by atoms with Gasteiger partial charge in [0.1, 0.15) is 0 Å². The number of nitrogens with one attached hydrogen (secondary N) is 1. The quantitative estimate of drug-likeness (QED) is 0.902. The molecule has 0 saturated carbocycles. The van der Waals surface area contributed by atoms with Crippen LogP contribution >= 0.6 is 0 Å². The zero-order valence-electron chi connectivity index (χ0n) is 14.2. The van der Waals surface area contributed by atoms with Crippen LogP contribution < -0.4 is 5.56 Å². The van der Waals surface area contributed by atoms with Gasteiger partial charge in [-0.2, -0.15) is 0 Å². The Kier molecular flexibility index (Phi) is 4.97. The van der Waals surface area contributed by atoms with E-state index >= 15 is 0 Å². The molecule has 25 heavy (non-hydrogen) atoms. The lowest BCUT2D eigenvalue weighted by Crippen LogP contribution is -2.37. The molecule has 1 aliphatic heterocycles. The number of nitrogens with zero attached hydrogens (tertiary/aromatic N) is 2.